The quantitative estimate of drug-likeness (QED) is 0.815. The normalized spacial score (nSPS) is 12.9. The van der Waals surface area contributed by atoms with E-state index in [-0.39, 0.29) is 5.92 Å². The average Bonchev–Trinajstić information content (AvgIpc) is 2.60. The number of carbonyl (C=O) groups excluding carboxylic acids is 1. The van der Waals surface area contributed by atoms with Gasteiger partial charge < -0.3 is 15.2 Å². The largest absolute Gasteiger partial charge is 0.480 e. The van der Waals surface area contributed by atoms with Gasteiger partial charge in [-0.25, -0.2) is 4.79 Å². The summed E-state index contributed by atoms with van der Waals surface area (Å²) in [5, 5.41) is 11.8. The first-order valence-electron chi connectivity index (χ1n) is 7.73. The van der Waals surface area contributed by atoms with E-state index in [4.69, 9.17) is 4.74 Å². The molecule has 6 heteroatoms. The van der Waals surface area contributed by atoms with Gasteiger partial charge in [0.1, 0.15) is 17.5 Å². The third-order valence-corrected chi connectivity index (χ3v) is 3.75. The van der Waals surface area contributed by atoms with Crippen molar-refractivity contribution in [1.29, 1.82) is 0 Å². The van der Waals surface area contributed by atoms with E-state index in [2.05, 4.69) is 10.3 Å². The van der Waals surface area contributed by atoms with Gasteiger partial charge in [-0.15, -0.1) is 0 Å². The lowest BCUT2D eigenvalue weighted by Gasteiger charge is -2.20. The fourth-order valence-corrected chi connectivity index (χ4v) is 2.13. The minimum atomic E-state index is -1.03. The van der Waals surface area contributed by atoms with E-state index in [9.17, 15) is 14.7 Å². The van der Waals surface area contributed by atoms with Gasteiger partial charge in [0.15, 0.2) is 0 Å². The van der Waals surface area contributed by atoms with Crippen LogP contribution in [0.2, 0.25) is 0 Å². The van der Waals surface area contributed by atoms with Crippen molar-refractivity contribution < 1.29 is 19.4 Å². The van der Waals surface area contributed by atoms with Crippen LogP contribution < -0.4 is 10.1 Å². The second-order valence-corrected chi connectivity index (χ2v) is 5.49. The molecule has 126 valence electrons. The number of benzene rings is 1. The zero-order chi connectivity index (χ0) is 17.5. The molecule has 1 aromatic heterocycles. The number of hydrogen-bond acceptors (Lipinski definition) is 4. The highest BCUT2D eigenvalue weighted by Crippen LogP contribution is 2.20. The monoisotopic (exact) mass is 328 g/mol. The van der Waals surface area contributed by atoms with E-state index in [0.29, 0.717) is 23.5 Å². The van der Waals surface area contributed by atoms with Gasteiger partial charge in [0.05, 0.1) is 6.20 Å². The molecule has 6 nitrogen and oxygen atoms in total. The summed E-state index contributed by atoms with van der Waals surface area (Å²) >= 11 is 0. The molecule has 2 N–H and O–H groups in total. The standard InChI is InChI=1S/C18H20N2O4/c1-3-12(2)16(18(22)23)20-17(21)13-6-8-14(9-7-13)24-15-5-4-10-19-11-15/h4-12,16H,3H2,1-2H3,(H,20,21)(H,22,23). The summed E-state index contributed by atoms with van der Waals surface area (Å²) in [6, 6.07) is 9.12. The molecule has 2 aromatic rings. The van der Waals surface area contributed by atoms with Crippen molar-refractivity contribution in [2.24, 2.45) is 5.92 Å². The van der Waals surface area contributed by atoms with Crippen LogP contribution >= 0.6 is 0 Å². The topological polar surface area (TPSA) is 88.5 Å². The number of pyridine rings is 1. The molecular formula is C18H20N2O4. The SMILES string of the molecule is CCC(C)C(NC(=O)c1ccc(Oc2cccnc2)cc1)C(=O)O. The van der Waals surface area contributed by atoms with Gasteiger partial charge in [-0.1, -0.05) is 20.3 Å². The molecule has 0 saturated carbocycles. The molecule has 0 fully saturated rings. The Balaban J connectivity index is 2.04. The first kappa shape index (κ1) is 17.5. The van der Waals surface area contributed by atoms with E-state index in [1.807, 2.05) is 6.92 Å². The van der Waals surface area contributed by atoms with Crippen molar-refractivity contribution in [2.75, 3.05) is 0 Å². The van der Waals surface area contributed by atoms with Crippen LogP contribution in [0.5, 0.6) is 11.5 Å². The van der Waals surface area contributed by atoms with Crippen molar-refractivity contribution in [3.8, 4) is 11.5 Å². The fourth-order valence-electron chi connectivity index (χ4n) is 2.13. The number of carbonyl (C=O) groups is 2. The van der Waals surface area contributed by atoms with Crippen molar-refractivity contribution >= 4 is 11.9 Å². The van der Waals surface area contributed by atoms with E-state index in [1.54, 1.807) is 55.7 Å². The van der Waals surface area contributed by atoms with Crippen LogP contribution in [0.25, 0.3) is 0 Å². The number of hydrogen-bond donors (Lipinski definition) is 2. The minimum Gasteiger partial charge on any atom is -0.480 e. The number of nitrogens with zero attached hydrogens (tertiary/aromatic N) is 1. The van der Waals surface area contributed by atoms with Crippen LogP contribution in [0.15, 0.2) is 48.8 Å². The summed E-state index contributed by atoms with van der Waals surface area (Å²) in [5.41, 5.74) is 0.378. The van der Waals surface area contributed by atoms with Gasteiger partial charge in [-0.05, 0) is 42.3 Å². The van der Waals surface area contributed by atoms with Gasteiger partial charge in [0, 0.05) is 11.8 Å². The molecule has 2 rings (SSSR count). The third kappa shape index (κ3) is 4.55. The third-order valence-electron chi connectivity index (χ3n) is 3.75. The highest BCUT2D eigenvalue weighted by molar-refractivity contribution is 5.96. The molecule has 24 heavy (non-hydrogen) atoms. The maximum atomic E-state index is 12.2. The molecule has 0 aliphatic heterocycles. The summed E-state index contributed by atoms with van der Waals surface area (Å²) in [6.07, 6.45) is 3.90. The number of nitrogens with one attached hydrogen (secondary N) is 1. The van der Waals surface area contributed by atoms with Crippen molar-refractivity contribution in [3.63, 3.8) is 0 Å². The molecule has 0 aliphatic carbocycles. The molecule has 0 spiro atoms. The first-order valence-corrected chi connectivity index (χ1v) is 7.73. The number of carboxylic acid groups (broad SMARTS) is 1. The van der Waals surface area contributed by atoms with Crippen LogP contribution in [0.1, 0.15) is 30.6 Å². The maximum absolute atomic E-state index is 12.2. The predicted molar refractivity (Wildman–Crippen MR) is 89.1 cm³/mol. The molecule has 2 atom stereocenters. The summed E-state index contributed by atoms with van der Waals surface area (Å²) in [4.78, 5) is 27.5. The highest BCUT2D eigenvalue weighted by atomic mass is 16.5. The van der Waals surface area contributed by atoms with Crippen LogP contribution in [-0.4, -0.2) is 28.0 Å². The number of aliphatic carboxylic acids is 1. The second-order valence-electron chi connectivity index (χ2n) is 5.49. The van der Waals surface area contributed by atoms with Crippen LogP contribution in [0.3, 0.4) is 0 Å². The number of carboxylic acids is 1. The summed E-state index contributed by atoms with van der Waals surface area (Å²) in [7, 11) is 0. The lowest BCUT2D eigenvalue weighted by molar-refractivity contribution is -0.140. The van der Waals surface area contributed by atoms with Gasteiger partial charge in [0.25, 0.3) is 5.91 Å². The Hall–Kier alpha value is -2.89. The van der Waals surface area contributed by atoms with Crippen molar-refractivity contribution in [2.45, 2.75) is 26.3 Å². The maximum Gasteiger partial charge on any atom is 0.326 e. The van der Waals surface area contributed by atoms with E-state index >= 15 is 0 Å². The molecular weight excluding hydrogens is 308 g/mol. The smallest absolute Gasteiger partial charge is 0.326 e. The molecule has 1 heterocycles. The van der Waals surface area contributed by atoms with Gasteiger partial charge in [-0.3, -0.25) is 9.78 Å². The number of rotatable bonds is 7. The van der Waals surface area contributed by atoms with Crippen molar-refractivity contribution in [3.05, 3.63) is 54.4 Å². The second kappa shape index (κ2) is 8.10. The Morgan fingerprint density at radius 1 is 1.21 bits per heavy atom. The first-order chi connectivity index (χ1) is 11.5. The molecule has 0 bridgehead atoms. The van der Waals surface area contributed by atoms with E-state index < -0.39 is 17.9 Å². The zero-order valence-corrected chi connectivity index (χ0v) is 13.6. The molecule has 0 radical (unpaired) electrons. The number of aromatic nitrogens is 1. The molecule has 1 aromatic carbocycles. The Kier molecular flexibility index (Phi) is 5.89. The molecule has 2 unspecified atom stereocenters. The van der Waals surface area contributed by atoms with Crippen LogP contribution in [0.4, 0.5) is 0 Å². The van der Waals surface area contributed by atoms with E-state index in [0.717, 1.165) is 0 Å². The summed E-state index contributed by atoms with van der Waals surface area (Å²) < 4.78 is 5.60. The Labute approximate surface area is 140 Å². The number of ether oxygens (including phenoxy) is 1. The van der Waals surface area contributed by atoms with Gasteiger partial charge >= 0.3 is 5.97 Å². The molecule has 0 saturated heterocycles. The Morgan fingerprint density at radius 2 is 1.92 bits per heavy atom. The predicted octanol–water partition coefficient (Wildman–Crippen LogP) is 3.10. The fraction of sp³-hybridized carbons (Fsp3) is 0.278. The van der Waals surface area contributed by atoms with Crippen LogP contribution in [0, 0.1) is 5.92 Å². The Morgan fingerprint density at radius 3 is 2.46 bits per heavy atom. The lowest BCUT2D eigenvalue weighted by Crippen LogP contribution is -2.45. The van der Waals surface area contributed by atoms with Gasteiger partial charge in [0.2, 0.25) is 0 Å². The van der Waals surface area contributed by atoms with Crippen LogP contribution in [-0.2, 0) is 4.79 Å². The summed E-state index contributed by atoms with van der Waals surface area (Å²) in [6.45, 7) is 3.68. The molecule has 1 amide bonds. The van der Waals surface area contributed by atoms with Gasteiger partial charge in [-0.2, -0.15) is 0 Å². The average molecular weight is 328 g/mol. The van der Waals surface area contributed by atoms with E-state index in [1.165, 1.54) is 0 Å². The lowest BCUT2D eigenvalue weighted by atomic mass is 9.99. The zero-order valence-electron chi connectivity index (χ0n) is 13.6. The van der Waals surface area contributed by atoms with Crippen molar-refractivity contribution in [1.82, 2.24) is 10.3 Å². The highest BCUT2D eigenvalue weighted by Gasteiger charge is 2.25. The summed E-state index contributed by atoms with van der Waals surface area (Å²) in [5.74, 6) is -0.446. The number of amides is 1. The Bertz CT molecular complexity index is 686. The molecule has 0 aliphatic rings. The minimum absolute atomic E-state index is 0.153.